The monoisotopic (exact) mass is 394 g/mol. The van der Waals surface area contributed by atoms with Gasteiger partial charge in [-0.15, -0.1) is 0 Å². The van der Waals surface area contributed by atoms with Crippen molar-refractivity contribution in [3.63, 3.8) is 0 Å². The molecule has 0 spiro atoms. The molecule has 1 aliphatic carbocycles. The number of imidazole rings is 1. The summed E-state index contributed by atoms with van der Waals surface area (Å²) in [7, 11) is -0.578. The third kappa shape index (κ3) is 3.34. The van der Waals surface area contributed by atoms with E-state index in [2.05, 4.69) is 120 Å². The van der Waals surface area contributed by atoms with E-state index in [1.165, 1.54) is 21.4 Å². The van der Waals surface area contributed by atoms with Gasteiger partial charge >= 0.3 is 0 Å². The van der Waals surface area contributed by atoms with E-state index < -0.39 is 7.92 Å². The van der Waals surface area contributed by atoms with Crippen LogP contribution in [0.3, 0.4) is 0 Å². The van der Waals surface area contributed by atoms with E-state index in [0.717, 1.165) is 5.52 Å². The molecular formula is C26H23N2P. The molecule has 0 aliphatic heterocycles. The van der Waals surface area contributed by atoms with Gasteiger partial charge in [0.2, 0.25) is 0 Å². The number of aromatic nitrogens is 2. The lowest BCUT2D eigenvalue weighted by molar-refractivity contribution is 0.486. The second kappa shape index (κ2) is 7.81. The minimum atomic E-state index is -0.578. The van der Waals surface area contributed by atoms with E-state index in [9.17, 15) is 0 Å². The van der Waals surface area contributed by atoms with Crippen molar-refractivity contribution in [3.8, 4) is 0 Å². The molecule has 29 heavy (non-hydrogen) atoms. The molecule has 0 amide bonds. The summed E-state index contributed by atoms with van der Waals surface area (Å²) in [4.78, 5) is 4.62. The zero-order valence-electron chi connectivity index (χ0n) is 16.4. The Labute approximate surface area is 173 Å². The Kier molecular flexibility index (Phi) is 4.87. The van der Waals surface area contributed by atoms with Gasteiger partial charge < -0.3 is 4.57 Å². The molecule has 0 bridgehead atoms. The van der Waals surface area contributed by atoms with Crippen molar-refractivity contribution in [3.05, 3.63) is 115 Å². The van der Waals surface area contributed by atoms with Gasteiger partial charge in [-0.2, -0.15) is 0 Å². The summed E-state index contributed by atoms with van der Waals surface area (Å²) < 4.78 is 2.33. The van der Waals surface area contributed by atoms with Crippen molar-refractivity contribution in [1.82, 2.24) is 9.55 Å². The van der Waals surface area contributed by atoms with Crippen molar-refractivity contribution in [2.45, 2.75) is 13.0 Å². The molecule has 5 rings (SSSR count). The maximum atomic E-state index is 4.62. The summed E-state index contributed by atoms with van der Waals surface area (Å²) in [5.41, 5.74) is 2.25. The minimum Gasteiger partial charge on any atom is -0.327 e. The minimum absolute atomic E-state index is 0.296. The number of hydrogen-bond donors (Lipinski definition) is 0. The largest absolute Gasteiger partial charge is 0.327 e. The predicted octanol–water partition coefficient (Wildman–Crippen LogP) is 5.80. The summed E-state index contributed by atoms with van der Waals surface area (Å²) >= 11 is 0. The van der Waals surface area contributed by atoms with E-state index in [4.69, 9.17) is 0 Å². The van der Waals surface area contributed by atoms with Crippen LogP contribution in [0, 0.1) is 5.92 Å². The second-order valence-electron chi connectivity index (χ2n) is 7.39. The van der Waals surface area contributed by atoms with Crippen molar-refractivity contribution in [2.75, 3.05) is 0 Å². The lowest BCUT2D eigenvalue weighted by Crippen LogP contribution is -2.20. The molecule has 142 valence electrons. The van der Waals surface area contributed by atoms with E-state index in [1.54, 1.807) is 0 Å². The molecule has 3 aromatic carbocycles. The van der Waals surface area contributed by atoms with Crippen LogP contribution in [-0.2, 0) is 0 Å². The molecule has 0 saturated heterocycles. The van der Waals surface area contributed by atoms with Crippen molar-refractivity contribution >= 4 is 29.6 Å². The molecule has 1 aromatic heterocycles. The molecule has 4 aromatic rings. The predicted molar refractivity (Wildman–Crippen MR) is 124 cm³/mol. The first-order valence-corrected chi connectivity index (χ1v) is 11.4. The average Bonchev–Trinajstić information content (AvgIpc) is 3.43. The fourth-order valence-electron chi connectivity index (χ4n) is 4.19. The van der Waals surface area contributed by atoms with Crippen LogP contribution in [0.5, 0.6) is 0 Å². The molecule has 0 N–H and O–H groups in total. The molecule has 0 radical (unpaired) electrons. The van der Waals surface area contributed by atoms with Crippen molar-refractivity contribution < 1.29 is 0 Å². The van der Waals surface area contributed by atoms with Gasteiger partial charge in [0.25, 0.3) is 0 Å². The molecule has 1 aliphatic rings. The zero-order chi connectivity index (χ0) is 19.6. The van der Waals surface area contributed by atoms with Crippen LogP contribution < -0.4 is 10.6 Å². The summed E-state index contributed by atoms with van der Waals surface area (Å²) in [5, 5.41) is 4.30. The Morgan fingerprint density at radius 1 is 0.828 bits per heavy atom. The first-order chi connectivity index (χ1) is 14.3. The van der Waals surface area contributed by atoms with E-state index in [1.807, 2.05) is 6.33 Å². The van der Waals surface area contributed by atoms with Gasteiger partial charge in [-0.05, 0) is 42.9 Å². The fraction of sp³-hybridized carbons (Fsp3) is 0.115. The smallest absolute Gasteiger partial charge is 0.0961 e. The van der Waals surface area contributed by atoms with Gasteiger partial charge in [-0.3, -0.25) is 0 Å². The number of rotatable bonds is 5. The molecular weight excluding hydrogens is 371 g/mol. The lowest BCUT2D eigenvalue weighted by atomic mass is 10.0. The Hall–Kier alpha value is -2.96. The van der Waals surface area contributed by atoms with Crippen molar-refractivity contribution in [2.24, 2.45) is 5.92 Å². The van der Waals surface area contributed by atoms with Crippen LogP contribution in [0.2, 0.25) is 0 Å². The summed E-state index contributed by atoms with van der Waals surface area (Å²) in [6.07, 6.45) is 8.92. The summed E-state index contributed by atoms with van der Waals surface area (Å²) in [5.74, 6) is 0.346. The van der Waals surface area contributed by atoms with Crippen molar-refractivity contribution in [1.29, 1.82) is 0 Å². The number of para-hydroxylation sites is 2. The topological polar surface area (TPSA) is 17.8 Å². The van der Waals surface area contributed by atoms with E-state index >= 15 is 0 Å². The summed E-state index contributed by atoms with van der Waals surface area (Å²) in [6, 6.07) is 30.6. The molecule has 3 heteroatoms. The number of fused-ring (bicyclic) bond motifs is 1. The Morgan fingerprint density at radius 2 is 1.45 bits per heavy atom. The van der Waals surface area contributed by atoms with E-state index in [0.29, 0.717) is 12.0 Å². The number of allylic oxidation sites excluding steroid dienone is 4. The Morgan fingerprint density at radius 3 is 2.14 bits per heavy atom. The molecule has 0 saturated carbocycles. The third-order valence-electron chi connectivity index (χ3n) is 5.65. The van der Waals surface area contributed by atoms with Gasteiger partial charge in [-0.25, -0.2) is 4.98 Å². The molecule has 1 unspecified atom stereocenters. The highest BCUT2D eigenvalue weighted by molar-refractivity contribution is 7.76. The van der Waals surface area contributed by atoms with Gasteiger partial charge in [0.05, 0.1) is 17.4 Å². The number of hydrogen-bond acceptors (Lipinski definition) is 1. The lowest BCUT2D eigenvalue weighted by Gasteiger charge is -2.29. The summed E-state index contributed by atoms with van der Waals surface area (Å²) in [6.45, 7) is 2.31. The third-order valence-corrected chi connectivity index (χ3v) is 8.25. The highest BCUT2D eigenvalue weighted by atomic mass is 31.1. The van der Waals surface area contributed by atoms with Gasteiger partial charge in [0.15, 0.2) is 0 Å². The van der Waals surface area contributed by atoms with Gasteiger partial charge in [-0.1, -0.05) is 91.0 Å². The SMILES string of the molecule is C[C@H](C1C=CC=C1P(c1ccccc1)c1ccccc1)n1cnc2ccccc21. The van der Waals surface area contributed by atoms with Crippen LogP contribution >= 0.6 is 7.92 Å². The zero-order valence-corrected chi connectivity index (χ0v) is 17.3. The second-order valence-corrected chi connectivity index (χ2v) is 9.61. The van der Waals surface area contributed by atoms with Gasteiger partial charge in [0, 0.05) is 12.0 Å². The molecule has 1 heterocycles. The highest BCUT2D eigenvalue weighted by Gasteiger charge is 2.30. The standard InChI is InChI=1S/C26H23N2P/c1-20(28-19-27-24-16-8-9-17-25(24)28)23-15-10-18-26(23)29(21-11-4-2-5-12-21)22-13-6-3-7-14-22/h2-20,23H,1H3/t20-,23?/m1/s1. The molecule has 0 fully saturated rings. The highest BCUT2D eigenvalue weighted by Crippen LogP contribution is 2.51. The van der Waals surface area contributed by atoms with Crippen LogP contribution in [0.25, 0.3) is 11.0 Å². The first kappa shape index (κ1) is 18.1. The van der Waals surface area contributed by atoms with Gasteiger partial charge in [0.1, 0.15) is 0 Å². The maximum absolute atomic E-state index is 4.62. The number of benzene rings is 3. The van der Waals surface area contributed by atoms with Crippen LogP contribution in [0.4, 0.5) is 0 Å². The first-order valence-electron chi connectivity index (χ1n) is 10.0. The Bertz CT molecular complexity index is 1140. The molecule has 2 nitrogen and oxygen atoms in total. The normalized spacial score (nSPS) is 17.0. The Balaban J connectivity index is 1.56. The van der Waals surface area contributed by atoms with E-state index in [-0.39, 0.29) is 0 Å². The van der Waals surface area contributed by atoms with Crippen LogP contribution in [0.1, 0.15) is 13.0 Å². The average molecular weight is 394 g/mol. The van der Waals surface area contributed by atoms with Crippen LogP contribution in [0.15, 0.2) is 115 Å². The quantitative estimate of drug-likeness (QED) is 0.391. The maximum Gasteiger partial charge on any atom is 0.0961 e. The van der Waals surface area contributed by atoms with Crippen LogP contribution in [-0.4, -0.2) is 9.55 Å². The fourth-order valence-corrected chi connectivity index (χ4v) is 6.86. The molecule has 2 atom stereocenters. The number of nitrogens with zero attached hydrogens (tertiary/aromatic N) is 2.